The number of aryl methyl sites for hydroxylation is 1. The molecule has 1 saturated heterocycles. The SMILES string of the molecule is Cn1cccc1CN(CCC[NH+]1CCOCC1)S(=O)(=O)c1ccc2ccccc2c1. The van der Waals surface area contributed by atoms with Crippen molar-refractivity contribution in [1.29, 1.82) is 0 Å². The van der Waals surface area contributed by atoms with Crippen molar-refractivity contribution < 1.29 is 18.1 Å². The number of aromatic nitrogens is 1. The molecule has 6 nitrogen and oxygen atoms in total. The van der Waals surface area contributed by atoms with Crippen molar-refractivity contribution in [3.63, 3.8) is 0 Å². The summed E-state index contributed by atoms with van der Waals surface area (Å²) in [4.78, 5) is 1.84. The summed E-state index contributed by atoms with van der Waals surface area (Å²) in [5.74, 6) is 0. The Balaban J connectivity index is 1.56. The van der Waals surface area contributed by atoms with E-state index in [2.05, 4.69) is 0 Å². The first-order valence-corrected chi connectivity index (χ1v) is 12.0. The van der Waals surface area contributed by atoms with Crippen molar-refractivity contribution in [3.05, 3.63) is 66.5 Å². The van der Waals surface area contributed by atoms with Gasteiger partial charge in [0.05, 0.1) is 31.2 Å². The van der Waals surface area contributed by atoms with Crippen LogP contribution in [0.5, 0.6) is 0 Å². The van der Waals surface area contributed by atoms with Crippen molar-refractivity contribution in [2.24, 2.45) is 7.05 Å². The van der Waals surface area contributed by atoms with Crippen molar-refractivity contribution in [2.75, 3.05) is 39.4 Å². The van der Waals surface area contributed by atoms with Crippen molar-refractivity contribution in [2.45, 2.75) is 17.9 Å². The number of hydrogen-bond donors (Lipinski definition) is 1. The second kappa shape index (κ2) is 9.31. The molecule has 2 heterocycles. The minimum Gasteiger partial charge on any atom is -0.370 e. The summed E-state index contributed by atoms with van der Waals surface area (Å²) in [6, 6.07) is 17.2. The van der Waals surface area contributed by atoms with E-state index in [1.165, 1.54) is 4.90 Å². The molecule has 4 rings (SSSR count). The highest BCUT2D eigenvalue weighted by molar-refractivity contribution is 7.89. The van der Waals surface area contributed by atoms with Crippen LogP contribution in [-0.4, -0.2) is 56.7 Å². The van der Waals surface area contributed by atoms with Crippen LogP contribution < -0.4 is 4.90 Å². The molecule has 2 aromatic carbocycles. The Morgan fingerprint density at radius 1 is 1.03 bits per heavy atom. The number of nitrogens with zero attached hydrogens (tertiary/aromatic N) is 2. The van der Waals surface area contributed by atoms with Crippen molar-refractivity contribution in [3.8, 4) is 0 Å². The third-order valence-corrected chi connectivity index (χ3v) is 7.73. The maximum absolute atomic E-state index is 13.6. The maximum Gasteiger partial charge on any atom is 0.243 e. The zero-order valence-electron chi connectivity index (χ0n) is 17.5. The second-order valence-electron chi connectivity index (χ2n) is 7.92. The molecule has 0 unspecified atom stereocenters. The normalized spacial score (nSPS) is 15.8. The van der Waals surface area contributed by atoms with Gasteiger partial charge in [-0.15, -0.1) is 0 Å². The smallest absolute Gasteiger partial charge is 0.243 e. The highest BCUT2D eigenvalue weighted by atomic mass is 32.2. The molecule has 0 saturated carbocycles. The lowest BCUT2D eigenvalue weighted by Crippen LogP contribution is -3.14. The molecule has 0 amide bonds. The summed E-state index contributed by atoms with van der Waals surface area (Å²) in [7, 11) is -1.65. The Hall–Kier alpha value is -2.19. The van der Waals surface area contributed by atoms with Gasteiger partial charge in [0.25, 0.3) is 0 Å². The van der Waals surface area contributed by atoms with Gasteiger partial charge in [-0.2, -0.15) is 4.31 Å². The number of nitrogens with one attached hydrogen (secondary N) is 1. The van der Waals surface area contributed by atoms with Gasteiger partial charge in [0.1, 0.15) is 13.1 Å². The molecule has 7 heteroatoms. The molecular formula is C23H30N3O3S+. The molecule has 30 heavy (non-hydrogen) atoms. The van der Waals surface area contributed by atoms with E-state index in [0.29, 0.717) is 18.0 Å². The average Bonchev–Trinajstić information content (AvgIpc) is 3.18. The monoisotopic (exact) mass is 428 g/mol. The Labute approximate surface area is 178 Å². The Bertz CT molecular complexity index is 1090. The summed E-state index contributed by atoms with van der Waals surface area (Å²) < 4.78 is 36.2. The summed E-state index contributed by atoms with van der Waals surface area (Å²) in [6.07, 6.45) is 2.78. The van der Waals surface area contributed by atoms with Crippen molar-refractivity contribution >= 4 is 20.8 Å². The Morgan fingerprint density at radius 3 is 2.53 bits per heavy atom. The molecule has 0 spiro atoms. The van der Waals surface area contributed by atoms with Gasteiger partial charge in [0.2, 0.25) is 10.0 Å². The molecule has 0 aliphatic carbocycles. The second-order valence-corrected chi connectivity index (χ2v) is 9.86. The molecule has 160 valence electrons. The largest absolute Gasteiger partial charge is 0.370 e. The van der Waals surface area contributed by atoms with Crippen LogP contribution in [0.25, 0.3) is 10.8 Å². The van der Waals surface area contributed by atoms with Gasteiger partial charge in [-0.3, -0.25) is 0 Å². The number of rotatable bonds is 8. The standard InChI is InChI=1S/C23H29N3O3S/c1-24-11-4-8-22(24)19-26(13-5-12-25-14-16-29-17-15-25)30(27,28)23-10-9-20-6-2-3-7-21(20)18-23/h2-4,6-11,18H,5,12-17,19H2,1H3/p+1. The highest BCUT2D eigenvalue weighted by Gasteiger charge is 2.26. The number of sulfonamides is 1. The van der Waals surface area contributed by atoms with E-state index >= 15 is 0 Å². The Morgan fingerprint density at radius 2 is 1.80 bits per heavy atom. The first-order chi connectivity index (χ1) is 14.5. The van der Waals surface area contributed by atoms with E-state index in [9.17, 15) is 8.42 Å². The zero-order valence-corrected chi connectivity index (χ0v) is 18.3. The van der Waals surface area contributed by atoms with Crippen LogP contribution in [0.1, 0.15) is 12.1 Å². The van der Waals surface area contributed by atoms with Crippen LogP contribution in [0.4, 0.5) is 0 Å². The van der Waals surface area contributed by atoms with E-state index < -0.39 is 10.0 Å². The predicted molar refractivity (Wildman–Crippen MR) is 118 cm³/mol. The first-order valence-electron chi connectivity index (χ1n) is 10.5. The fraction of sp³-hybridized carbons (Fsp3) is 0.391. The summed E-state index contributed by atoms with van der Waals surface area (Å²) in [5, 5.41) is 1.98. The molecule has 0 bridgehead atoms. The predicted octanol–water partition coefficient (Wildman–Crippen LogP) is 1.67. The Kier molecular flexibility index (Phi) is 6.53. The summed E-state index contributed by atoms with van der Waals surface area (Å²) in [6.45, 7) is 5.40. The molecule has 1 fully saturated rings. The molecular weight excluding hydrogens is 398 g/mol. The van der Waals surface area contributed by atoms with Crippen LogP contribution in [0, 0.1) is 0 Å². The van der Waals surface area contributed by atoms with Crippen LogP contribution in [0.3, 0.4) is 0 Å². The minimum atomic E-state index is -3.60. The van der Waals surface area contributed by atoms with E-state index in [1.54, 1.807) is 16.4 Å². The number of morpholine rings is 1. The van der Waals surface area contributed by atoms with E-state index in [-0.39, 0.29) is 0 Å². The van der Waals surface area contributed by atoms with Gasteiger partial charge in [-0.1, -0.05) is 30.3 Å². The first kappa shape index (κ1) is 21.1. The van der Waals surface area contributed by atoms with Gasteiger partial charge in [0, 0.05) is 31.9 Å². The molecule has 1 aliphatic heterocycles. The van der Waals surface area contributed by atoms with Gasteiger partial charge in [-0.25, -0.2) is 8.42 Å². The van der Waals surface area contributed by atoms with E-state index in [0.717, 1.165) is 55.7 Å². The molecule has 1 N–H and O–H groups in total. The maximum atomic E-state index is 13.6. The van der Waals surface area contributed by atoms with Gasteiger partial charge >= 0.3 is 0 Å². The fourth-order valence-electron chi connectivity index (χ4n) is 4.02. The molecule has 0 radical (unpaired) electrons. The third kappa shape index (κ3) is 4.75. The highest BCUT2D eigenvalue weighted by Crippen LogP contribution is 2.23. The zero-order chi connectivity index (χ0) is 21.0. The van der Waals surface area contributed by atoms with Crippen LogP contribution in [-0.2, 0) is 28.4 Å². The third-order valence-electron chi connectivity index (χ3n) is 5.89. The van der Waals surface area contributed by atoms with Gasteiger partial charge in [-0.05, 0) is 35.0 Å². The van der Waals surface area contributed by atoms with E-state index in [1.807, 2.05) is 60.3 Å². The number of hydrogen-bond acceptors (Lipinski definition) is 3. The van der Waals surface area contributed by atoms with E-state index in [4.69, 9.17) is 4.74 Å². The number of fused-ring (bicyclic) bond motifs is 1. The lowest BCUT2D eigenvalue weighted by atomic mass is 10.1. The van der Waals surface area contributed by atoms with Gasteiger partial charge in [0.15, 0.2) is 0 Å². The number of ether oxygens (including phenoxy) is 1. The van der Waals surface area contributed by atoms with Crippen molar-refractivity contribution in [1.82, 2.24) is 8.87 Å². The summed E-state index contributed by atoms with van der Waals surface area (Å²) >= 11 is 0. The molecule has 3 aromatic rings. The van der Waals surface area contributed by atoms with Crippen LogP contribution in [0.2, 0.25) is 0 Å². The van der Waals surface area contributed by atoms with Gasteiger partial charge < -0.3 is 14.2 Å². The number of benzene rings is 2. The average molecular weight is 429 g/mol. The van der Waals surface area contributed by atoms with Crippen LogP contribution in [0.15, 0.2) is 65.7 Å². The lowest BCUT2D eigenvalue weighted by Gasteiger charge is -2.26. The van der Waals surface area contributed by atoms with Crippen LogP contribution >= 0.6 is 0 Å². The number of quaternary nitrogens is 1. The topological polar surface area (TPSA) is 56.0 Å². The fourth-order valence-corrected chi connectivity index (χ4v) is 5.50. The quantitative estimate of drug-likeness (QED) is 0.594. The molecule has 1 aliphatic rings. The minimum absolute atomic E-state index is 0.356. The summed E-state index contributed by atoms with van der Waals surface area (Å²) in [5.41, 5.74) is 0.984. The lowest BCUT2D eigenvalue weighted by molar-refractivity contribution is -0.908. The molecule has 1 aromatic heterocycles. The molecule has 0 atom stereocenters.